The van der Waals surface area contributed by atoms with Gasteiger partial charge in [0, 0.05) is 17.7 Å². The molecule has 122 valence electrons. The van der Waals surface area contributed by atoms with E-state index in [0.29, 0.717) is 12.5 Å². The highest BCUT2D eigenvalue weighted by Crippen LogP contribution is 2.28. The highest BCUT2D eigenvalue weighted by atomic mass is 16.6. The number of benzene rings is 1. The van der Waals surface area contributed by atoms with Crippen LogP contribution in [0.5, 0.6) is 5.75 Å². The largest absolute Gasteiger partial charge is 0.487 e. The van der Waals surface area contributed by atoms with Crippen LogP contribution >= 0.6 is 0 Å². The molecule has 22 heavy (non-hydrogen) atoms. The zero-order valence-electron chi connectivity index (χ0n) is 13.6. The lowest BCUT2D eigenvalue weighted by Crippen LogP contribution is -2.32. The van der Waals surface area contributed by atoms with Crippen LogP contribution in [0.3, 0.4) is 0 Å². The van der Waals surface area contributed by atoms with Crippen LogP contribution in [-0.4, -0.2) is 23.5 Å². The lowest BCUT2D eigenvalue weighted by molar-refractivity contribution is -0.385. The van der Waals surface area contributed by atoms with Gasteiger partial charge < -0.3 is 10.1 Å². The van der Waals surface area contributed by atoms with Gasteiger partial charge in [-0.3, -0.25) is 14.9 Å². The molecule has 1 aromatic rings. The van der Waals surface area contributed by atoms with Gasteiger partial charge in [-0.25, -0.2) is 0 Å². The molecule has 0 spiro atoms. The summed E-state index contributed by atoms with van der Waals surface area (Å²) in [6, 6.07) is 4.30. The van der Waals surface area contributed by atoms with Crippen molar-refractivity contribution in [2.75, 3.05) is 6.61 Å². The first-order chi connectivity index (χ1) is 10.3. The van der Waals surface area contributed by atoms with Gasteiger partial charge in [0.1, 0.15) is 0 Å². The number of rotatable bonds is 8. The Bertz CT molecular complexity index is 529. The van der Waals surface area contributed by atoms with Crippen molar-refractivity contribution in [3.63, 3.8) is 0 Å². The minimum absolute atomic E-state index is 0.0283. The van der Waals surface area contributed by atoms with Crippen molar-refractivity contribution in [1.29, 1.82) is 0 Å². The summed E-state index contributed by atoms with van der Waals surface area (Å²) in [7, 11) is 0. The summed E-state index contributed by atoms with van der Waals surface area (Å²) < 4.78 is 5.21. The van der Waals surface area contributed by atoms with Crippen molar-refractivity contribution in [1.82, 2.24) is 5.32 Å². The van der Waals surface area contributed by atoms with E-state index in [-0.39, 0.29) is 28.9 Å². The Morgan fingerprint density at radius 2 is 2.00 bits per heavy atom. The average Bonchev–Trinajstić information content (AvgIpc) is 2.45. The molecule has 0 saturated carbocycles. The molecule has 1 N–H and O–H groups in total. The van der Waals surface area contributed by atoms with Gasteiger partial charge >= 0.3 is 5.69 Å². The van der Waals surface area contributed by atoms with Crippen molar-refractivity contribution in [2.45, 2.75) is 46.6 Å². The predicted octanol–water partition coefficient (Wildman–Crippen LogP) is 3.55. The van der Waals surface area contributed by atoms with E-state index in [1.165, 1.54) is 12.1 Å². The Balaban J connectivity index is 2.81. The second-order valence-electron chi connectivity index (χ2n) is 5.72. The highest BCUT2D eigenvalue weighted by Gasteiger charge is 2.19. The number of nitrogens with one attached hydrogen (secondary N) is 1. The molecule has 6 nitrogen and oxygen atoms in total. The number of hydrogen-bond acceptors (Lipinski definition) is 4. The van der Waals surface area contributed by atoms with Gasteiger partial charge in [-0.15, -0.1) is 0 Å². The minimum atomic E-state index is -0.538. The average molecular weight is 308 g/mol. The highest BCUT2D eigenvalue weighted by molar-refractivity contribution is 5.95. The molecule has 0 aliphatic heterocycles. The number of ether oxygens (including phenoxy) is 1. The lowest BCUT2D eigenvalue weighted by Gasteiger charge is -2.15. The maximum absolute atomic E-state index is 12.2. The van der Waals surface area contributed by atoms with Crippen LogP contribution in [0, 0.1) is 16.0 Å². The van der Waals surface area contributed by atoms with Gasteiger partial charge in [-0.1, -0.05) is 13.8 Å². The molecule has 1 aromatic carbocycles. The molecule has 1 unspecified atom stereocenters. The fourth-order valence-corrected chi connectivity index (χ4v) is 2.04. The van der Waals surface area contributed by atoms with Gasteiger partial charge in [-0.05, 0) is 44.7 Å². The Morgan fingerprint density at radius 3 is 2.55 bits per heavy atom. The fourth-order valence-electron chi connectivity index (χ4n) is 2.04. The van der Waals surface area contributed by atoms with Crippen LogP contribution in [0.2, 0.25) is 0 Å². The number of nitro benzene ring substituents is 1. The summed E-state index contributed by atoms with van der Waals surface area (Å²) in [5.74, 6) is 0.449. The van der Waals surface area contributed by atoms with Crippen LogP contribution in [0.1, 0.15) is 50.9 Å². The van der Waals surface area contributed by atoms with Gasteiger partial charge in [0.15, 0.2) is 5.75 Å². The molecule has 0 radical (unpaired) electrons. The van der Waals surface area contributed by atoms with E-state index in [4.69, 9.17) is 4.74 Å². The lowest BCUT2D eigenvalue weighted by atomic mass is 10.0. The molecule has 1 amide bonds. The van der Waals surface area contributed by atoms with Crippen LogP contribution in [0.4, 0.5) is 5.69 Å². The minimum Gasteiger partial charge on any atom is -0.487 e. The Labute approximate surface area is 131 Å². The molecule has 0 bridgehead atoms. The van der Waals surface area contributed by atoms with Gasteiger partial charge in [-0.2, -0.15) is 0 Å². The topological polar surface area (TPSA) is 81.5 Å². The zero-order valence-corrected chi connectivity index (χ0v) is 13.6. The molecular formula is C16H24N2O4. The quantitative estimate of drug-likeness (QED) is 0.588. The third kappa shape index (κ3) is 5.35. The monoisotopic (exact) mass is 308 g/mol. The maximum atomic E-state index is 12.2. The van der Waals surface area contributed by atoms with E-state index in [2.05, 4.69) is 19.2 Å². The maximum Gasteiger partial charge on any atom is 0.311 e. The molecule has 1 rings (SSSR count). The van der Waals surface area contributed by atoms with Crippen molar-refractivity contribution in [3.8, 4) is 5.75 Å². The number of carbonyl (C=O) groups excluding carboxylic acids is 1. The number of carbonyl (C=O) groups is 1. The smallest absolute Gasteiger partial charge is 0.311 e. The van der Waals surface area contributed by atoms with E-state index in [0.717, 1.165) is 12.8 Å². The van der Waals surface area contributed by atoms with E-state index < -0.39 is 4.92 Å². The predicted molar refractivity (Wildman–Crippen MR) is 85.3 cm³/mol. The van der Waals surface area contributed by atoms with Crippen molar-refractivity contribution < 1.29 is 14.5 Å². The number of nitro groups is 1. The number of nitrogens with zero attached hydrogens (tertiary/aromatic N) is 1. The zero-order chi connectivity index (χ0) is 16.7. The number of hydrogen-bond donors (Lipinski definition) is 1. The molecule has 6 heteroatoms. The molecule has 0 aliphatic carbocycles. The van der Waals surface area contributed by atoms with E-state index in [1.807, 2.05) is 6.92 Å². The van der Waals surface area contributed by atoms with Gasteiger partial charge in [0.25, 0.3) is 5.91 Å². The molecule has 0 aromatic heterocycles. The standard InChI is InChI=1S/C16H24N2O4/c1-5-22-15-9-8-13(10-14(15)18(20)21)16(19)17-12(4)7-6-11(2)3/h8-12H,5-7H2,1-4H3,(H,17,19). The molecule has 0 fully saturated rings. The normalized spacial score (nSPS) is 12.0. The van der Waals surface area contributed by atoms with Crippen molar-refractivity contribution >= 4 is 11.6 Å². The summed E-state index contributed by atoms with van der Waals surface area (Å²) in [5.41, 5.74) is 0.0795. The molecule has 0 aliphatic rings. The summed E-state index contributed by atoms with van der Waals surface area (Å²) in [6.07, 6.45) is 1.90. The third-order valence-electron chi connectivity index (χ3n) is 3.27. The Kier molecular flexibility index (Phi) is 6.82. The Hall–Kier alpha value is -2.11. The summed E-state index contributed by atoms with van der Waals surface area (Å²) in [5, 5.41) is 13.9. The molecular weight excluding hydrogens is 284 g/mol. The fraction of sp³-hybridized carbons (Fsp3) is 0.562. The summed E-state index contributed by atoms with van der Waals surface area (Å²) >= 11 is 0. The second kappa shape index (κ2) is 8.36. The van der Waals surface area contributed by atoms with Crippen LogP contribution < -0.4 is 10.1 Å². The van der Waals surface area contributed by atoms with E-state index in [9.17, 15) is 14.9 Å². The third-order valence-corrected chi connectivity index (χ3v) is 3.27. The van der Waals surface area contributed by atoms with Gasteiger partial charge in [0.05, 0.1) is 11.5 Å². The van der Waals surface area contributed by atoms with Crippen LogP contribution in [-0.2, 0) is 0 Å². The SMILES string of the molecule is CCOc1ccc(C(=O)NC(C)CCC(C)C)cc1[N+](=O)[O-]. The molecule has 1 atom stereocenters. The number of amides is 1. The first kappa shape index (κ1) is 17.9. The van der Waals surface area contributed by atoms with Gasteiger partial charge in [0.2, 0.25) is 0 Å². The second-order valence-corrected chi connectivity index (χ2v) is 5.72. The molecule has 0 heterocycles. The van der Waals surface area contributed by atoms with E-state index >= 15 is 0 Å². The van der Waals surface area contributed by atoms with E-state index in [1.54, 1.807) is 13.0 Å². The van der Waals surface area contributed by atoms with Crippen molar-refractivity contribution in [3.05, 3.63) is 33.9 Å². The summed E-state index contributed by atoms with van der Waals surface area (Å²) in [4.78, 5) is 22.7. The van der Waals surface area contributed by atoms with Crippen LogP contribution in [0.15, 0.2) is 18.2 Å². The first-order valence-corrected chi connectivity index (χ1v) is 7.57. The van der Waals surface area contributed by atoms with Crippen LogP contribution in [0.25, 0.3) is 0 Å². The van der Waals surface area contributed by atoms with Crippen molar-refractivity contribution in [2.24, 2.45) is 5.92 Å². The summed E-state index contributed by atoms with van der Waals surface area (Å²) in [6.45, 7) is 8.28. The Morgan fingerprint density at radius 1 is 1.32 bits per heavy atom. The molecule has 0 saturated heterocycles. The first-order valence-electron chi connectivity index (χ1n) is 7.57.